The van der Waals surface area contributed by atoms with Crippen molar-refractivity contribution in [2.24, 2.45) is 0 Å². The van der Waals surface area contributed by atoms with Crippen molar-refractivity contribution in [3.8, 4) is 0 Å². The van der Waals surface area contributed by atoms with Gasteiger partial charge in [-0.2, -0.15) is 0 Å². The van der Waals surface area contributed by atoms with Crippen LogP contribution in [0.4, 0.5) is 0 Å². The van der Waals surface area contributed by atoms with Gasteiger partial charge in [-0.25, -0.2) is 0 Å². The van der Waals surface area contributed by atoms with Crippen LogP contribution in [0.15, 0.2) is 24.3 Å². The second-order valence-corrected chi connectivity index (χ2v) is 7.03. The molecule has 1 atom stereocenters. The second-order valence-electron chi connectivity index (χ2n) is 4.97. The molecule has 0 spiro atoms. The van der Waals surface area contributed by atoms with E-state index in [4.69, 9.17) is 23.2 Å². The molecule has 0 radical (unpaired) electrons. The van der Waals surface area contributed by atoms with Gasteiger partial charge in [0, 0.05) is 9.90 Å². The summed E-state index contributed by atoms with van der Waals surface area (Å²) in [6, 6.07) is 8.44. The number of hydrogen-bond acceptors (Lipinski definition) is 2. The van der Waals surface area contributed by atoms with Crippen LogP contribution in [-0.4, -0.2) is 6.54 Å². The van der Waals surface area contributed by atoms with E-state index in [0.717, 1.165) is 39.0 Å². The topological polar surface area (TPSA) is 12.0 Å². The molecule has 2 rings (SSSR count). The first kappa shape index (κ1) is 15.8. The molecule has 1 aromatic heterocycles. The lowest BCUT2D eigenvalue weighted by Gasteiger charge is -2.20. The number of thiophene rings is 1. The first-order valence-electron chi connectivity index (χ1n) is 6.78. The molecule has 1 unspecified atom stereocenters. The van der Waals surface area contributed by atoms with Gasteiger partial charge >= 0.3 is 0 Å². The third-order valence-corrected chi connectivity index (χ3v) is 5.43. The molecule has 0 aliphatic heterocycles. The number of hydrogen-bond donors (Lipinski definition) is 1. The quantitative estimate of drug-likeness (QED) is 0.736. The van der Waals surface area contributed by atoms with Crippen molar-refractivity contribution in [2.45, 2.75) is 33.2 Å². The van der Waals surface area contributed by atoms with Crippen LogP contribution in [0, 0.1) is 13.8 Å². The van der Waals surface area contributed by atoms with Crippen molar-refractivity contribution in [3.05, 3.63) is 55.2 Å². The van der Waals surface area contributed by atoms with Gasteiger partial charge in [0.2, 0.25) is 0 Å². The van der Waals surface area contributed by atoms with Crippen LogP contribution >= 0.6 is 34.5 Å². The number of nitrogens with one attached hydrogen (secondary N) is 1. The highest BCUT2D eigenvalue weighted by Crippen LogP contribution is 2.37. The maximum atomic E-state index is 6.50. The normalized spacial score (nSPS) is 12.7. The zero-order valence-corrected chi connectivity index (χ0v) is 14.3. The first-order chi connectivity index (χ1) is 9.54. The van der Waals surface area contributed by atoms with E-state index in [0.29, 0.717) is 0 Å². The first-order valence-corrected chi connectivity index (χ1v) is 8.36. The van der Waals surface area contributed by atoms with Gasteiger partial charge < -0.3 is 5.32 Å². The maximum Gasteiger partial charge on any atom is 0.0961 e. The van der Waals surface area contributed by atoms with E-state index >= 15 is 0 Å². The summed E-state index contributed by atoms with van der Waals surface area (Å²) >= 11 is 14.3. The zero-order valence-electron chi connectivity index (χ0n) is 12.0. The molecule has 0 aliphatic carbocycles. The van der Waals surface area contributed by atoms with Gasteiger partial charge in [0.1, 0.15) is 0 Å². The van der Waals surface area contributed by atoms with Crippen LogP contribution in [0.1, 0.15) is 41.0 Å². The van der Waals surface area contributed by atoms with E-state index in [1.54, 1.807) is 11.3 Å². The monoisotopic (exact) mass is 327 g/mol. The number of halogens is 2. The summed E-state index contributed by atoms with van der Waals surface area (Å²) in [6.45, 7) is 7.19. The Hall–Kier alpha value is -0.540. The van der Waals surface area contributed by atoms with Gasteiger partial charge in [0.15, 0.2) is 0 Å². The minimum atomic E-state index is 0.110. The van der Waals surface area contributed by atoms with Crippen molar-refractivity contribution < 1.29 is 0 Å². The molecule has 2 aromatic rings. The third-order valence-electron chi connectivity index (χ3n) is 3.29. The Labute approximate surface area is 134 Å². The highest BCUT2D eigenvalue weighted by Gasteiger charge is 2.20. The average molecular weight is 328 g/mol. The van der Waals surface area contributed by atoms with Gasteiger partial charge in [-0.15, -0.1) is 11.3 Å². The number of aryl methyl sites for hydroxylation is 2. The minimum Gasteiger partial charge on any atom is -0.306 e. The van der Waals surface area contributed by atoms with E-state index in [2.05, 4.69) is 30.4 Å². The molecule has 0 aliphatic rings. The van der Waals surface area contributed by atoms with E-state index in [1.165, 1.54) is 4.88 Å². The van der Waals surface area contributed by atoms with Gasteiger partial charge in [-0.3, -0.25) is 0 Å². The van der Waals surface area contributed by atoms with Crippen molar-refractivity contribution >= 4 is 34.5 Å². The standard InChI is InChI=1S/C16H19Cl2NS/c1-4-8-19-15(13-9-11(3)16(18)20-13)12-7-5-6-10(2)14(12)17/h5-7,9,15,19H,4,8H2,1-3H3. The molecule has 0 saturated carbocycles. The molecular weight excluding hydrogens is 309 g/mol. The fourth-order valence-corrected chi connectivity index (χ4v) is 3.72. The van der Waals surface area contributed by atoms with Crippen LogP contribution in [0.2, 0.25) is 9.36 Å². The fourth-order valence-electron chi connectivity index (χ4n) is 2.17. The molecule has 0 bridgehead atoms. The molecule has 0 fully saturated rings. The summed E-state index contributed by atoms with van der Waals surface area (Å²) in [6.07, 6.45) is 1.08. The van der Waals surface area contributed by atoms with E-state index < -0.39 is 0 Å². The van der Waals surface area contributed by atoms with E-state index in [-0.39, 0.29) is 6.04 Å². The molecule has 1 heterocycles. The molecule has 1 nitrogen and oxygen atoms in total. The van der Waals surface area contributed by atoms with Gasteiger partial charge in [0.05, 0.1) is 10.4 Å². The average Bonchev–Trinajstić information content (AvgIpc) is 2.74. The van der Waals surface area contributed by atoms with Crippen molar-refractivity contribution in [3.63, 3.8) is 0 Å². The predicted molar refractivity (Wildman–Crippen MR) is 90.4 cm³/mol. The Morgan fingerprint density at radius 1 is 1.20 bits per heavy atom. The molecule has 1 N–H and O–H groups in total. The predicted octanol–water partition coefficient (Wildman–Crippen LogP) is 5.76. The van der Waals surface area contributed by atoms with Crippen LogP contribution in [0.5, 0.6) is 0 Å². The van der Waals surface area contributed by atoms with Crippen LogP contribution in [0.25, 0.3) is 0 Å². The highest BCUT2D eigenvalue weighted by atomic mass is 35.5. The van der Waals surface area contributed by atoms with Crippen molar-refractivity contribution in [1.29, 1.82) is 0 Å². The molecule has 0 amide bonds. The summed E-state index contributed by atoms with van der Waals surface area (Å²) in [4.78, 5) is 1.22. The summed E-state index contributed by atoms with van der Waals surface area (Å²) < 4.78 is 0.854. The molecule has 0 saturated heterocycles. The fraction of sp³-hybridized carbons (Fsp3) is 0.375. The van der Waals surface area contributed by atoms with Crippen LogP contribution in [-0.2, 0) is 0 Å². The van der Waals surface area contributed by atoms with Crippen molar-refractivity contribution in [1.82, 2.24) is 5.32 Å². The summed E-state index contributed by atoms with van der Waals surface area (Å²) in [5.41, 5.74) is 3.35. The summed E-state index contributed by atoms with van der Waals surface area (Å²) in [5, 5.41) is 4.41. The second kappa shape index (κ2) is 6.95. The number of rotatable bonds is 5. The Morgan fingerprint density at radius 3 is 2.55 bits per heavy atom. The molecule has 20 heavy (non-hydrogen) atoms. The molecular formula is C16H19Cl2NS. The Kier molecular flexibility index (Phi) is 5.50. The Balaban J connectivity index is 2.44. The lowest BCUT2D eigenvalue weighted by molar-refractivity contribution is 0.605. The SMILES string of the molecule is CCCNC(c1cc(C)c(Cl)s1)c1cccc(C)c1Cl. The third kappa shape index (κ3) is 3.37. The Bertz CT molecular complexity index is 573. The van der Waals surface area contributed by atoms with Crippen LogP contribution < -0.4 is 5.32 Å². The highest BCUT2D eigenvalue weighted by molar-refractivity contribution is 7.16. The zero-order chi connectivity index (χ0) is 14.7. The Morgan fingerprint density at radius 2 is 1.95 bits per heavy atom. The van der Waals surface area contributed by atoms with Gasteiger partial charge in [-0.1, -0.05) is 48.3 Å². The summed E-state index contributed by atoms with van der Waals surface area (Å²) in [5.74, 6) is 0. The largest absolute Gasteiger partial charge is 0.306 e. The molecule has 1 aromatic carbocycles. The summed E-state index contributed by atoms with van der Waals surface area (Å²) in [7, 11) is 0. The van der Waals surface area contributed by atoms with Crippen LogP contribution in [0.3, 0.4) is 0 Å². The molecule has 108 valence electrons. The van der Waals surface area contributed by atoms with E-state index in [9.17, 15) is 0 Å². The van der Waals surface area contributed by atoms with Gasteiger partial charge in [-0.05, 0) is 49.6 Å². The lowest BCUT2D eigenvalue weighted by Crippen LogP contribution is -2.22. The smallest absolute Gasteiger partial charge is 0.0961 e. The number of benzene rings is 1. The minimum absolute atomic E-state index is 0.110. The lowest BCUT2D eigenvalue weighted by atomic mass is 10.0. The maximum absolute atomic E-state index is 6.50. The molecule has 4 heteroatoms. The van der Waals surface area contributed by atoms with Crippen molar-refractivity contribution in [2.75, 3.05) is 6.54 Å². The van der Waals surface area contributed by atoms with E-state index in [1.807, 2.05) is 19.9 Å². The van der Waals surface area contributed by atoms with Gasteiger partial charge in [0.25, 0.3) is 0 Å².